The molecular formula is C38H49N5O3S. The van der Waals surface area contributed by atoms with E-state index in [-0.39, 0.29) is 16.5 Å². The smallest absolute Gasteiger partial charge is 0.305 e. The van der Waals surface area contributed by atoms with Crippen molar-refractivity contribution in [3.63, 3.8) is 0 Å². The largest absolute Gasteiger partial charge is 0.506 e. The number of nitrogens with zero attached hydrogens (tertiary/aromatic N) is 1. The van der Waals surface area contributed by atoms with Crippen molar-refractivity contribution in [2.45, 2.75) is 70.4 Å². The number of thiazole rings is 1. The van der Waals surface area contributed by atoms with Gasteiger partial charge < -0.3 is 30.9 Å². The number of carbonyl (C=O) groups is 1. The van der Waals surface area contributed by atoms with Gasteiger partial charge in [-0.3, -0.25) is 9.59 Å². The number of phenolic OH excluding ortho intramolecular Hbond substituents is 1. The normalized spacial score (nSPS) is 13.8. The van der Waals surface area contributed by atoms with Crippen LogP contribution in [-0.4, -0.2) is 59.7 Å². The molecule has 5 N–H and O–H groups in total. The average Bonchev–Trinajstić information content (AvgIpc) is 3.30. The number of hydrogen-bond donors (Lipinski definition) is 5. The second-order valence-electron chi connectivity index (χ2n) is 12.5. The van der Waals surface area contributed by atoms with Gasteiger partial charge in [0.1, 0.15) is 11.3 Å². The zero-order chi connectivity index (χ0) is 32.8. The zero-order valence-corrected chi connectivity index (χ0v) is 28.2. The molecule has 0 spiro atoms. The highest BCUT2D eigenvalue weighted by Crippen LogP contribution is 2.28. The van der Waals surface area contributed by atoms with Gasteiger partial charge in [0.05, 0.1) is 4.70 Å². The molecule has 9 heteroatoms. The number of aromatic hydroxyl groups is 1. The Hall–Kier alpha value is -3.92. The molecule has 0 atom stereocenters. The Morgan fingerprint density at radius 3 is 2.36 bits per heavy atom. The second kappa shape index (κ2) is 17.8. The highest BCUT2D eigenvalue weighted by atomic mass is 32.1. The molecule has 250 valence electrons. The molecule has 4 aromatic rings. The number of fused-ring (bicyclic) bond motifs is 1. The summed E-state index contributed by atoms with van der Waals surface area (Å²) in [5.41, 5.74) is 5.79. The van der Waals surface area contributed by atoms with Crippen LogP contribution in [0.15, 0.2) is 83.8 Å². The fourth-order valence-electron chi connectivity index (χ4n) is 6.42. The van der Waals surface area contributed by atoms with E-state index in [2.05, 4.69) is 32.4 Å². The van der Waals surface area contributed by atoms with E-state index in [0.717, 1.165) is 79.1 Å². The van der Waals surface area contributed by atoms with Crippen molar-refractivity contribution < 1.29 is 9.90 Å². The van der Waals surface area contributed by atoms with Crippen LogP contribution in [0.5, 0.6) is 5.75 Å². The van der Waals surface area contributed by atoms with Crippen LogP contribution in [0.25, 0.3) is 10.2 Å². The summed E-state index contributed by atoms with van der Waals surface area (Å²) in [5.74, 6) is 0.0669. The van der Waals surface area contributed by atoms with Crippen LogP contribution in [0.3, 0.4) is 0 Å². The summed E-state index contributed by atoms with van der Waals surface area (Å²) < 4.78 is 0.844. The van der Waals surface area contributed by atoms with Crippen LogP contribution >= 0.6 is 11.3 Å². The van der Waals surface area contributed by atoms with Gasteiger partial charge in [-0.05, 0) is 80.1 Å². The summed E-state index contributed by atoms with van der Waals surface area (Å²) in [7, 11) is 0. The van der Waals surface area contributed by atoms with Gasteiger partial charge in [0.25, 0.3) is 5.91 Å². The minimum atomic E-state index is -0.141. The van der Waals surface area contributed by atoms with E-state index in [1.807, 2.05) is 60.7 Å². The highest BCUT2D eigenvalue weighted by Gasteiger charge is 2.21. The van der Waals surface area contributed by atoms with Crippen molar-refractivity contribution in [1.29, 1.82) is 0 Å². The van der Waals surface area contributed by atoms with Gasteiger partial charge in [-0.2, -0.15) is 0 Å². The Labute approximate surface area is 282 Å². The second-order valence-corrected chi connectivity index (χ2v) is 13.5. The molecule has 0 aliphatic heterocycles. The first-order chi connectivity index (χ1) is 23.0. The predicted molar refractivity (Wildman–Crippen MR) is 193 cm³/mol. The molecule has 1 aliphatic rings. The van der Waals surface area contributed by atoms with Gasteiger partial charge in [0, 0.05) is 43.5 Å². The lowest BCUT2D eigenvalue weighted by Crippen LogP contribution is -2.40. The van der Waals surface area contributed by atoms with Gasteiger partial charge in [0.2, 0.25) is 0 Å². The fourth-order valence-corrected chi connectivity index (χ4v) is 7.32. The van der Waals surface area contributed by atoms with Gasteiger partial charge in [-0.1, -0.05) is 92.1 Å². The third-order valence-corrected chi connectivity index (χ3v) is 10.1. The predicted octanol–water partition coefficient (Wildman–Crippen LogP) is 6.12. The number of rotatable bonds is 17. The number of nitrogens with one attached hydrogen (secondary N) is 4. The number of H-pyrrole nitrogens is 1. The van der Waals surface area contributed by atoms with Gasteiger partial charge in [0.15, 0.2) is 0 Å². The van der Waals surface area contributed by atoms with Crippen LogP contribution in [0.2, 0.25) is 0 Å². The molecule has 8 nitrogen and oxygen atoms in total. The zero-order valence-electron chi connectivity index (χ0n) is 27.4. The molecule has 1 fully saturated rings. The topological polar surface area (TPSA) is 109 Å². The fraction of sp³-hybridized carbons (Fsp3) is 0.421. The molecule has 0 saturated heterocycles. The van der Waals surface area contributed by atoms with E-state index >= 15 is 0 Å². The molecule has 0 bridgehead atoms. The molecule has 1 heterocycles. The maximum absolute atomic E-state index is 12.5. The summed E-state index contributed by atoms with van der Waals surface area (Å²) in [5, 5.41) is 20.3. The molecule has 0 radical (unpaired) electrons. The molecule has 47 heavy (non-hydrogen) atoms. The van der Waals surface area contributed by atoms with Crippen LogP contribution < -0.4 is 20.8 Å². The van der Waals surface area contributed by atoms with Crippen molar-refractivity contribution in [3.05, 3.63) is 111 Å². The van der Waals surface area contributed by atoms with E-state index < -0.39 is 0 Å². The lowest BCUT2D eigenvalue weighted by Gasteiger charge is -2.35. The molecule has 3 aromatic carbocycles. The van der Waals surface area contributed by atoms with Gasteiger partial charge in [-0.15, -0.1) is 0 Å². The van der Waals surface area contributed by atoms with E-state index in [0.29, 0.717) is 23.7 Å². The minimum absolute atomic E-state index is 0.0553. The molecule has 1 aromatic heterocycles. The van der Waals surface area contributed by atoms with Crippen molar-refractivity contribution >= 4 is 27.5 Å². The summed E-state index contributed by atoms with van der Waals surface area (Å²) in [6, 6.07) is 22.0. The third-order valence-electron chi connectivity index (χ3n) is 9.10. The average molecular weight is 656 g/mol. The maximum Gasteiger partial charge on any atom is 0.305 e. The molecule has 1 aliphatic carbocycles. The van der Waals surface area contributed by atoms with Crippen molar-refractivity contribution in [1.82, 2.24) is 25.8 Å². The summed E-state index contributed by atoms with van der Waals surface area (Å²) in [6.07, 6.45) is 10.3. The van der Waals surface area contributed by atoms with Crippen LogP contribution in [-0.2, 0) is 19.4 Å². The van der Waals surface area contributed by atoms with E-state index in [1.54, 1.807) is 6.07 Å². The Balaban J connectivity index is 1.03. The molecule has 1 amide bonds. The lowest BCUT2D eigenvalue weighted by atomic mass is 10.1. The summed E-state index contributed by atoms with van der Waals surface area (Å²) >= 11 is 1.16. The number of aromatic amines is 1. The van der Waals surface area contributed by atoms with Crippen LogP contribution in [0, 0.1) is 0 Å². The monoisotopic (exact) mass is 655 g/mol. The van der Waals surface area contributed by atoms with Gasteiger partial charge >= 0.3 is 4.87 Å². The Morgan fingerprint density at radius 2 is 1.60 bits per heavy atom. The minimum Gasteiger partial charge on any atom is -0.506 e. The van der Waals surface area contributed by atoms with Crippen LogP contribution in [0.1, 0.15) is 72.0 Å². The Bertz CT molecular complexity index is 1620. The lowest BCUT2D eigenvalue weighted by molar-refractivity contribution is 0.0951. The molecule has 5 rings (SSSR count). The third kappa shape index (κ3) is 10.3. The summed E-state index contributed by atoms with van der Waals surface area (Å²) in [4.78, 5) is 29.5. The van der Waals surface area contributed by atoms with Crippen molar-refractivity contribution in [2.75, 3.05) is 32.7 Å². The summed E-state index contributed by atoms with van der Waals surface area (Å²) in [6.45, 7) is 9.41. The standard InChI is InChI=1S/C38H49N5O3S/c1-28(19-22-39-23-20-29-13-15-32(16-14-29)37(45)41-27-30-9-5-4-6-10-30)43(33-11-7-2-3-8-12-33)26-25-40-24-21-31-17-18-34(44)35-36(31)47-38(46)42-35/h4-6,9-10,13-18,33,39-40,44H,1-3,7-8,11-12,19-27H2,(H,41,45)(H,42,46). The van der Waals surface area contributed by atoms with Crippen molar-refractivity contribution in [3.8, 4) is 5.75 Å². The number of carbonyl (C=O) groups excluding carboxylic acids is 1. The first-order valence-electron chi connectivity index (χ1n) is 17.1. The van der Waals surface area contributed by atoms with E-state index in [4.69, 9.17) is 0 Å². The molecular weight excluding hydrogens is 607 g/mol. The van der Waals surface area contributed by atoms with Crippen LogP contribution in [0.4, 0.5) is 0 Å². The van der Waals surface area contributed by atoms with E-state index in [1.165, 1.54) is 49.8 Å². The van der Waals surface area contributed by atoms with Gasteiger partial charge in [-0.25, -0.2) is 0 Å². The number of amides is 1. The first kappa shape index (κ1) is 34.4. The number of phenols is 1. The Morgan fingerprint density at radius 1 is 0.872 bits per heavy atom. The number of benzene rings is 3. The molecule has 1 saturated carbocycles. The first-order valence-corrected chi connectivity index (χ1v) is 17.9. The molecule has 0 unspecified atom stereocenters. The SMILES string of the molecule is C=C(CCNCCc1ccc(C(=O)NCc2ccccc2)cc1)N(CCNCCc1ccc(O)c2[nH]c(=O)sc12)C1CCCCCC1. The number of hydrogen-bond acceptors (Lipinski definition) is 7. The quantitative estimate of drug-likeness (QED) is 0.0693. The maximum atomic E-state index is 12.5. The number of aromatic nitrogens is 1. The highest BCUT2D eigenvalue weighted by molar-refractivity contribution is 7.16. The Kier molecular flexibility index (Phi) is 13.1. The van der Waals surface area contributed by atoms with E-state index in [9.17, 15) is 14.7 Å². The van der Waals surface area contributed by atoms with Crippen molar-refractivity contribution in [2.24, 2.45) is 0 Å².